The summed E-state index contributed by atoms with van der Waals surface area (Å²) < 4.78 is 16.0. The molecule has 0 atom stereocenters. The van der Waals surface area contributed by atoms with Crippen LogP contribution in [0.1, 0.15) is 66.2 Å². The molecule has 1 aromatic heterocycles. The molecule has 0 aliphatic heterocycles. The van der Waals surface area contributed by atoms with Crippen molar-refractivity contribution >= 4 is 5.91 Å². The van der Waals surface area contributed by atoms with Gasteiger partial charge >= 0.3 is 0 Å². The summed E-state index contributed by atoms with van der Waals surface area (Å²) in [6.45, 7) is 0. The lowest BCUT2D eigenvalue weighted by molar-refractivity contribution is 0.0886. The number of aryl methyl sites for hydroxylation is 1. The van der Waals surface area contributed by atoms with Crippen LogP contribution in [0.3, 0.4) is 0 Å². The molecule has 1 heterocycles. The van der Waals surface area contributed by atoms with Gasteiger partial charge in [0.15, 0.2) is 0 Å². The maximum Gasteiger partial charge on any atom is 0.270 e. The predicted molar refractivity (Wildman–Crippen MR) is 89.2 cm³/mol. The van der Waals surface area contributed by atoms with Crippen molar-refractivity contribution in [3.8, 4) is 0 Å². The summed E-state index contributed by atoms with van der Waals surface area (Å²) in [7, 11) is 1.80. The molecule has 0 spiro atoms. The topological polar surface area (TPSA) is 46.9 Å². The standard InChI is InChI=1S/C19H22FN3O/c1-23-17(12-16(22-23)13-8-9-13)18(24)21-19(10-4-5-11-19)14-6-2-3-7-15(14)20/h2-3,6-7,12-13H,4-5,8-11H2,1H3,(H,21,24). The van der Waals surface area contributed by atoms with Gasteiger partial charge in [0.1, 0.15) is 11.5 Å². The van der Waals surface area contributed by atoms with Gasteiger partial charge in [-0.25, -0.2) is 4.39 Å². The van der Waals surface area contributed by atoms with Gasteiger partial charge in [0.2, 0.25) is 0 Å². The number of halogens is 1. The van der Waals surface area contributed by atoms with Crippen LogP contribution in [0.15, 0.2) is 30.3 Å². The Kier molecular flexibility index (Phi) is 3.66. The molecule has 0 saturated heterocycles. The van der Waals surface area contributed by atoms with Crippen molar-refractivity contribution in [1.29, 1.82) is 0 Å². The maximum absolute atomic E-state index is 14.4. The average Bonchev–Trinajstić information content (AvgIpc) is 3.19. The summed E-state index contributed by atoms with van der Waals surface area (Å²) in [4.78, 5) is 12.9. The molecule has 0 radical (unpaired) electrons. The second-order valence-electron chi connectivity index (χ2n) is 7.08. The van der Waals surface area contributed by atoms with Gasteiger partial charge in [-0.2, -0.15) is 5.10 Å². The van der Waals surface area contributed by atoms with E-state index < -0.39 is 5.54 Å². The molecule has 2 saturated carbocycles. The number of amides is 1. The molecule has 1 aromatic carbocycles. The normalized spacial score (nSPS) is 19.4. The molecule has 1 N–H and O–H groups in total. The molecule has 0 bridgehead atoms. The Balaban J connectivity index is 1.64. The van der Waals surface area contributed by atoms with E-state index in [9.17, 15) is 9.18 Å². The fourth-order valence-electron chi connectivity index (χ4n) is 3.85. The number of hydrogen-bond donors (Lipinski definition) is 1. The molecule has 2 aliphatic carbocycles. The largest absolute Gasteiger partial charge is 0.341 e. The zero-order valence-electron chi connectivity index (χ0n) is 13.9. The third-order valence-electron chi connectivity index (χ3n) is 5.33. The van der Waals surface area contributed by atoms with E-state index in [0.29, 0.717) is 17.2 Å². The first-order valence-electron chi connectivity index (χ1n) is 8.70. The van der Waals surface area contributed by atoms with Crippen LogP contribution in [0.5, 0.6) is 0 Å². The second-order valence-corrected chi connectivity index (χ2v) is 7.08. The SMILES string of the molecule is Cn1nc(C2CC2)cc1C(=O)NC1(c2ccccc2F)CCCC1. The Morgan fingerprint density at radius 1 is 1.29 bits per heavy atom. The lowest BCUT2D eigenvalue weighted by atomic mass is 9.87. The summed E-state index contributed by atoms with van der Waals surface area (Å²) >= 11 is 0. The minimum atomic E-state index is -0.605. The van der Waals surface area contributed by atoms with E-state index in [1.54, 1.807) is 23.9 Å². The molecule has 4 rings (SSSR count). The Morgan fingerprint density at radius 3 is 2.67 bits per heavy atom. The van der Waals surface area contributed by atoms with E-state index in [4.69, 9.17) is 0 Å². The number of hydrogen-bond acceptors (Lipinski definition) is 2. The van der Waals surface area contributed by atoms with Crippen LogP contribution in [0.2, 0.25) is 0 Å². The molecule has 1 amide bonds. The highest BCUT2D eigenvalue weighted by Crippen LogP contribution is 2.41. The van der Waals surface area contributed by atoms with E-state index in [-0.39, 0.29) is 11.7 Å². The molecule has 2 fully saturated rings. The Morgan fingerprint density at radius 2 is 2.00 bits per heavy atom. The second kappa shape index (κ2) is 5.72. The Hall–Kier alpha value is -2.17. The highest BCUT2D eigenvalue weighted by atomic mass is 19.1. The number of nitrogens with one attached hydrogen (secondary N) is 1. The van der Waals surface area contributed by atoms with Crippen molar-refractivity contribution in [3.05, 3.63) is 53.1 Å². The Labute approximate surface area is 141 Å². The summed E-state index contributed by atoms with van der Waals surface area (Å²) in [5.41, 5.74) is 1.54. The predicted octanol–water partition coefficient (Wildman–Crippen LogP) is 3.64. The lowest BCUT2D eigenvalue weighted by Gasteiger charge is -2.31. The van der Waals surface area contributed by atoms with Crippen molar-refractivity contribution in [1.82, 2.24) is 15.1 Å². The van der Waals surface area contributed by atoms with Crippen molar-refractivity contribution in [2.24, 2.45) is 7.05 Å². The maximum atomic E-state index is 14.4. The summed E-state index contributed by atoms with van der Waals surface area (Å²) in [6, 6.07) is 8.67. The van der Waals surface area contributed by atoms with E-state index in [2.05, 4.69) is 10.4 Å². The first kappa shape index (κ1) is 15.4. The first-order chi connectivity index (χ1) is 11.6. The molecule has 5 heteroatoms. The number of aromatic nitrogens is 2. The van der Waals surface area contributed by atoms with E-state index in [1.165, 1.54) is 6.07 Å². The molecule has 126 valence electrons. The van der Waals surface area contributed by atoms with Gasteiger partial charge in [0.05, 0.1) is 11.2 Å². The van der Waals surface area contributed by atoms with Gasteiger partial charge in [-0.05, 0) is 37.8 Å². The van der Waals surface area contributed by atoms with Crippen LogP contribution in [0.25, 0.3) is 0 Å². The molecule has 4 nitrogen and oxygen atoms in total. The van der Waals surface area contributed by atoms with E-state index >= 15 is 0 Å². The fraction of sp³-hybridized carbons (Fsp3) is 0.474. The zero-order valence-corrected chi connectivity index (χ0v) is 13.9. The first-order valence-corrected chi connectivity index (χ1v) is 8.70. The summed E-state index contributed by atoms with van der Waals surface area (Å²) in [5.74, 6) is 0.0928. The molecular weight excluding hydrogens is 305 g/mol. The summed E-state index contributed by atoms with van der Waals surface area (Å²) in [6.07, 6.45) is 5.83. The van der Waals surface area contributed by atoms with Gasteiger partial charge < -0.3 is 5.32 Å². The quantitative estimate of drug-likeness (QED) is 0.932. The third-order valence-corrected chi connectivity index (χ3v) is 5.33. The van der Waals surface area contributed by atoms with Gasteiger partial charge in [-0.1, -0.05) is 31.0 Å². The van der Waals surface area contributed by atoms with E-state index in [1.807, 2.05) is 12.1 Å². The van der Waals surface area contributed by atoms with Crippen LogP contribution in [0.4, 0.5) is 4.39 Å². The van der Waals surface area contributed by atoms with Crippen molar-refractivity contribution in [2.75, 3.05) is 0 Å². The van der Waals surface area contributed by atoms with E-state index in [0.717, 1.165) is 44.2 Å². The van der Waals surface area contributed by atoms with Crippen molar-refractivity contribution in [2.45, 2.75) is 50.0 Å². The van der Waals surface area contributed by atoms with Crippen LogP contribution in [-0.2, 0) is 12.6 Å². The third kappa shape index (κ3) is 2.62. The zero-order chi connectivity index (χ0) is 16.7. The highest BCUT2D eigenvalue weighted by molar-refractivity contribution is 5.93. The highest BCUT2D eigenvalue weighted by Gasteiger charge is 2.39. The van der Waals surface area contributed by atoms with Crippen LogP contribution in [0, 0.1) is 5.82 Å². The minimum absolute atomic E-state index is 0.165. The van der Waals surface area contributed by atoms with Crippen LogP contribution >= 0.6 is 0 Å². The number of benzene rings is 1. The number of carbonyl (C=O) groups is 1. The average molecular weight is 327 g/mol. The number of nitrogens with zero attached hydrogens (tertiary/aromatic N) is 2. The fourth-order valence-corrected chi connectivity index (χ4v) is 3.85. The van der Waals surface area contributed by atoms with Gasteiger partial charge in [0, 0.05) is 18.5 Å². The molecule has 2 aliphatic rings. The van der Waals surface area contributed by atoms with Gasteiger partial charge in [0.25, 0.3) is 5.91 Å². The monoisotopic (exact) mass is 327 g/mol. The van der Waals surface area contributed by atoms with Crippen LogP contribution < -0.4 is 5.32 Å². The molecule has 24 heavy (non-hydrogen) atoms. The number of carbonyl (C=O) groups excluding carboxylic acids is 1. The minimum Gasteiger partial charge on any atom is -0.341 e. The molecule has 0 unspecified atom stereocenters. The Bertz CT molecular complexity index is 773. The van der Waals surface area contributed by atoms with Crippen LogP contribution in [-0.4, -0.2) is 15.7 Å². The van der Waals surface area contributed by atoms with Crippen molar-refractivity contribution in [3.63, 3.8) is 0 Å². The smallest absolute Gasteiger partial charge is 0.270 e. The lowest BCUT2D eigenvalue weighted by Crippen LogP contribution is -2.45. The molecular formula is C19H22FN3O. The van der Waals surface area contributed by atoms with Gasteiger partial charge in [-0.3, -0.25) is 9.48 Å². The van der Waals surface area contributed by atoms with Crippen molar-refractivity contribution < 1.29 is 9.18 Å². The molecule has 2 aromatic rings. The summed E-state index contributed by atoms with van der Waals surface area (Å²) in [5, 5.41) is 7.60. The number of rotatable bonds is 4. The van der Waals surface area contributed by atoms with Gasteiger partial charge in [-0.15, -0.1) is 0 Å².